The summed E-state index contributed by atoms with van der Waals surface area (Å²) in [5.41, 5.74) is 0.387. The number of hydrogen-bond acceptors (Lipinski definition) is 2. The summed E-state index contributed by atoms with van der Waals surface area (Å²) in [5, 5.41) is 3.82. The molecule has 2 atom stereocenters. The van der Waals surface area contributed by atoms with E-state index in [2.05, 4.69) is 31.0 Å². The van der Waals surface area contributed by atoms with Gasteiger partial charge in [-0.05, 0) is 50.6 Å². The molecule has 1 N–H and O–H groups in total. The molecule has 2 aliphatic rings. The molecule has 1 aliphatic carbocycles. The molecule has 2 fully saturated rings. The first-order valence-electron chi connectivity index (χ1n) is 8.16. The fourth-order valence-corrected chi connectivity index (χ4v) is 3.92. The Labute approximate surface area is 114 Å². The second kappa shape index (κ2) is 6.38. The molecule has 1 heterocycles. The van der Waals surface area contributed by atoms with Gasteiger partial charge in [0.1, 0.15) is 0 Å². The van der Waals surface area contributed by atoms with Gasteiger partial charge in [-0.25, -0.2) is 0 Å². The van der Waals surface area contributed by atoms with Gasteiger partial charge in [0.05, 0.1) is 0 Å². The van der Waals surface area contributed by atoms with E-state index in [0.717, 1.165) is 11.8 Å². The largest absolute Gasteiger partial charge is 0.310 e. The van der Waals surface area contributed by atoms with Crippen LogP contribution in [0.2, 0.25) is 0 Å². The standard InChI is InChI=1S/C16H32N2/c1-4-16(5-2)13-18(11-7-10-17-16)12-15-9-6-8-14(15)3/h14-15,17H,4-13H2,1-3H3. The summed E-state index contributed by atoms with van der Waals surface area (Å²) in [6.07, 6.45) is 8.24. The molecule has 2 nitrogen and oxygen atoms in total. The molecule has 2 unspecified atom stereocenters. The molecule has 0 spiro atoms. The van der Waals surface area contributed by atoms with Crippen molar-refractivity contribution in [3.05, 3.63) is 0 Å². The van der Waals surface area contributed by atoms with Crippen LogP contribution >= 0.6 is 0 Å². The smallest absolute Gasteiger partial charge is 0.0303 e. The summed E-state index contributed by atoms with van der Waals surface area (Å²) in [6, 6.07) is 0. The van der Waals surface area contributed by atoms with Gasteiger partial charge in [0.25, 0.3) is 0 Å². The molecule has 0 aromatic carbocycles. The Bertz CT molecular complexity index is 247. The Morgan fingerprint density at radius 2 is 1.94 bits per heavy atom. The average Bonchev–Trinajstić information content (AvgIpc) is 2.67. The highest BCUT2D eigenvalue weighted by Gasteiger charge is 2.32. The van der Waals surface area contributed by atoms with E-state index in [4.69, 9.17) is 0 Å². The van der Waals surface area contributed by atoms with Crippen molar-refractivity contribution < 1.29 is 0 Å². The van der Waals surface area contributed by atoms with Crippen LogP contribution in [0.4, 0.5) is 0 Å². The fraction of sp³-hybridized carbons (Fsp3) is 1.00. The highest BCUT2D eigenvalue weighted by atomic mass is 15.2. The van der Waals surface area contributed by atoms with E-state index in [-0.39, 0.29) is 0 Å². The van der Waals surface area contributed by atoms with Crippen molar-refractivity contribution in [1.29, 1.82) is 0 Å². The molecule has 0 radical (unpaired) electrons. The van der Waals surface area contributed by atoms with Gasteiger partial charge in [0.2, 0.25) is 0 Å². The molecule has 1 aliphatic heterocycles. The molecule has 0 bridgehead atoms. The van der Waals surface area contributed by atoms with Crippen LogP contribution in [-0.4, -0.2) is 36.6 Å². The maximum Gasteiger partial charge on any atom is 0.0303 e. The van der Waals surface area contributed by atoms with Crippen LogP contribution in [-0.2, 0) is 0 Å². The zero-order valence-corrected chi connectivity index (χ0v) is 12.7. The third kappa shape index (κ3) is 3.27. The predicted molar refractivity (Wildman–Crippen MR) is 78.9 cm³/mol. The highest BCUT2D eigenvalue weighted by Crippen LogP contribution is 2.32. The Kier molecular flexibility index (Phi) is 5.08. The second-order valence-electron chi connectivity index (χ2n) is 6.67. The maximum atomic E-state index is 3.82. The lowest BCUT2D eigenvalue weighted by atomic mass is 9.91. The Hall–Kier alpha value is -0.0800. The van der Waals surface area contributed by atoms with Crippen LogP contribution in [0.15, 0.2) is 0 Å². The van der Waals surface area contributed by atoms with Gasteiger partial charge in [0.15, 0.2) is 0 Å². The van der Waals surface area contributed by atoms with Crippen LogP contribution in [0.3, 0.4) is 0 Å². The van der Waals surface area contributed by atoms with Crippen LogP contribution in [0.25, 0.3) is 0 Å². The third-order valence-corrected chi connectivity index (χ3v) is 5.56. The molecule has 2 heteroatoms. The van der Waals surface area contributed by atoms with Gasteiger partial charge in [-0.2, -0.15) is 0 Å². The van der Waals surface area contributed by atoms with Crippen LogP contribution in [0, 0.1) is 11.8 Å². The molecule has 0 aromatic rings. The zero-order valence-electron chi connectivity index (χ0n) is 12.7. The van der Waals surface area contributed by atoms with E-state index in [1.807, 2.05) is 0 Å². The van der Waals surface area contributed by atoms with Gasteiger partial charge in [0, 0.05) is 18.6 Å². The van der Waals surface area contributed by atoms with E-state index in [1.54, 1.807) is 0 Å². The van der Waals surface area contributed by atoms with Crippen molar-refractivity contribution >= 4 is 0 Å². The van der Waals surface area contributed by atoms with E-state index in [9.17, 15) is 0 Å². The molecule has 106 valence electrons. The number of nitrogens with zero attached hydrogens (tertiary/aromatic N) is 1. The lowest BCUT2D eigenvalue weighted by Crippen LogP contribution is -2.51. The Balaban J connectivity index is 1.94. The van der Waals surface area contributed by atoms with Crippen molar-refractivity contribution in [3.8, 4) is 0 Å². The Morgan fingerprint density at radius 3 is 2.56 bits per heavy atom. The van der Waals surface area contributed by atoms with Crippen LogP contribution < -0.4 is 5.32 Å². The minimum atomic E-state index is 0.387. The summed E-state index contributed by atoms with van der Waals surface area (Å²) in [6.45, 7) is 12.3. The van der Waals surface area contributed by atoms with E-state index in [0.29, 0.717) is 5.54 Å². The lowest BCUT2D eigenvalue weighted by Gasteiger charge is -2.36. The van der Waals surface area contributed by atoms with Crippen molar-refractivity contribution in [2.24, 2.45) is 11.8 Å². The van der Waals surface area contributed by atoms with Gasteiger partial charge < -0.3 is 10.2 Å². The molecule has 1 saturated heterocycles. The van der Waals surface area contributed by atoms with Crippen LogP contribution in [0.5, 0.6) is 0 Å². The fourth-order valence-electron chi connectivity index (χ4n) is 3.92. The molecular weight excluding hydrogens is 220 g/mol. The lowest BCUT2D eigenvalue weighted by molar-refractivity contribution is 0.163. The van der Waals surface area contributed by atoms with Crippen molar-refractivity contribution in [3.63, 3.8) is 0 Å². The Morgan fingerprint density at radius 1 is 1.17 bits per heavy atom. The van der Waals surface area contributed by atoms with Gasteiger partial charge in [-0.3, -0.25) is 0 Å². The molecule has 2 rings (SSSR count). The molecular formula is C16H32N2. The van der Waals surface area contributed by atoms with Gasteiger partial charge in [-0.15, -0.1) is 0 Å². The van der Waals surface area contributed by atoms with Gasteiger partial charge >= 0.3 is 0 Å². The number of hydrogen-bond donors (Lipinski definition) is 1. The van der Waals surface area contributed by atoms with E-state index < -0.39 is 0 Å². The minimum absolute atomic E-state index is 0.387. The maximum absolute atomic E-state index is 3.82. The van der Waals surface area contributed by atoms with Crippen molar-refractivity contribution in [2.75, 3.05) is 26.2 Å². The first-order valence-corrected chi connectivity index (χ1v) is 8.16. The van der Waals surface area contributed by atoms with Gasteiger partial charge in [-0.1, -0.05) is 33.6 Å². The summed E-state index contributed by atoms with van der Waals surface area (Å²) in [7, 11) is 0. The monoisotopic (exact) mass is 252 g/mol. The molecule has 1 saturated carbocycles. The SMILES string of the molecule is CCC1(CC)CN(CC2CCCC2C)CCCN1. The van der Waals surface area contributed by atoms with Crippen molar-refractivity contribution in [1.82, 2.24) is 10.2 Å². The summed E-state index contributed by atoms with van der Waals surface area (Å²) in [4.78, 5) is 2.76. The topological polar surface area (TPSA) is 15.3 Å². The zero-order chi connectivity index (χ0) is 13.0. The quantitative estimate of drug-likeness (QED) is 0.826. The predicted octanol–water partition coefficient (Wildman–Crippen LogP) is 3.28. The van der Waals surface area contributed by atoms with Crippen molar-refractivity contribution in [2.45, 2.75) is 64.8 Å². The molecule has 0 amide bonds. The summed E-state index contributed by atoms with van der Waals surface area (Å²) < 4.78 is 0. The van der Waals surface area contributed by atoms with E-state index >= 15 is 0 Å². The third-order valence-electron chi connectivity index (χ3n) is 5.56. The number of rotatable bonds is 4. The number of nitrogens with one attached hydrogen (secondary N) is 1. The minimum Gasteiger partial charge on any atom is -0.310 e. The van der Waals surface area contributed by atoms with E-state index in [1.165, 1.54) is 64.7 Å². The molecule has 18 heavy (non-hydrogen) atoms. The normalized spacial score (nSPS) is 33.5. The first kappa shape index (κ1) is 14.3. The second-order valence-corrected chi connectivity index (χ2v) is 6.67. The highest BCUT2D eigenvalue weighted by molar-refractivity contribution is 4.92. The first-order chi connectivity index (χ1) is 8.69. The summed E-state index contributed by atoms with van der Waals surface area (Å²) in [5.74, 6) is 1.92. The average molecular weight is 252 g/mol. The van der Waals surface area contributed by atoms with Crippen LogP contribution in [0.1, 0.15) is 59.3 Å². The molecule has 0 aromatic heterocycles. The summed E-state index contributed by atoms with van der Waals surface area (Å²) >= 11 is 0.